The van der Waals surface area contributed by atoms with Crippen LogP contribution in [0.5, 0.6) is 0 Å². The molecule has 0 aliphatic heterocycles. The quantitative estimate of drug-likeness (QED) is 0.420. The smallest absolute Gasteiger partial charge is 0.235 e. The van der Waals surface area contributed by atoms with E-state index in [9.17, 15) is 4.79 Å². The number of fused-ring (bicyclic) bond motifs is 1. The fourth-order valence-corrected chi connectivity index (χ4v) is 1.94. The highest BCUT2D eigenvalue weighted by atomic mass is 16.2. The monoisotopic (exact) mass is 229 g/mol. The van der Waals surface area contributed by atoms with Crippen molar-refractivity contribution in [1.82, 2.24) is 5.43 Å². The third kappa shape index (κ3) is 2.43. The lowest BCUT2D eigenvalue weighted by atomic mass is 9.97. The Morgan fingerprint density at radius 3 is 2.65 bits per heavy atom. The Labute approximate surface area is 99.6 Å². The van der Waals surface area contributed by atoms with E-state index in [-0.39, 0.29) is 18.4 Å². The molecule has 88 valence electrons. The van der Waals surface area contributed by atoms with Gasteiger partial charge in [0.1, 0.15) is 0 Å². The van der Waals surface area contributed by atoms with E-state index in [1.807, 2.05) is 42.5 Å². The van der Waals surface area contributed by atoms with Gasteiger partial charge in [-0.05, 0) is 16.3 Å². The molecule has 0 saturated heterocycles. The average molecular weight is 229 g/mol. The molecule has 4 nitrogen and oxygen atoms in total. The molecular formula is C13H15N3O. The molecule has 1 atom stereocenters. The first-order valence-corrected chi connectivity index (χ1v) is 5.45. The molecule has 0 aromatic heterocycles. The number of carbonyl (C=O) groups excluding carboxylic acids is 1. The van der Waals surface area contributed by atoms with Crippen LogP contribution >= 0.6 is 0 Å². The fourth-order valence-electron chi connectivity index (χ4n) is 1.94. The number of hydrazine groups is 1. The zero-order valence-corrected chi connectivity index (χ0v) is 9.39. The van der Waals surface area contributed by atoms with Gasteiger partial charge in [-0.3, -0.25) is 10.2 Å². The number of nitrogens with two attached hydrogens (primary N) is 2. The average Bonchev–Trinajstić information content (AvgIpc) is 2.37. The Morgan fingerprint density at radius 2 is 1.88 bits per heavy atom. The Kier molecular flexibility index (Phi) is 3.37. The Hall–Kier alpha value is -1.91. The van der Waals surface area contributed by atoms with Crippen molar-refractivity contribution < 1.29 is 4.79 Å². The second kappa shape index (κ2) is 4.95. The fraction of sp³-hybridized carbons (Fsp3) is 0.154. The molecule has 0 spiro atoms. The van der Waals surface area contributed by atoms with Crippen molar-refractivity contribution in [2.45, 2.75) is 12.5 Å². The topological polar surface area (TPSA) is 81.1 Å². The van der Waals surface area contributed by atoms with Crippen LogP contribution in [-0.2, 0) is 4.79 Å². The molecule has 1 amide bonds. The lowest BCUT2D eigenvalue weighted by molar-refractivity contribution is -0.121. The summed E-state index contributed by atoms with van der Waals surface area (Å²) in [5.74, 6) is 4.80. The predicted octanol–water partition coefficient (Wildman–Crippen LogP) is 1.22. The molecule has 0 bridgehead atoms. The molecule has 2 aromatic rings. The van der Waals surface area contributed by atoms with Crippen LogP contribution in [0.25, 0.3) is 10.8 Å². The molecule has 0 aliphatic rings. The molecular weight excluding hydrogens is 214 g/mol. The maximum absolute atomic E-state index is 11.2. The van der Waals surface area contributed by atoms with E-state index in [1.54, 1.807) is 0 Å². The van der Waals surface area contributed by atoms with Crippen LogP contribution in [0.15, 0.2) is 42.5 Å². The minimum atomic E-state index is -0.343. The van der Waals surface area contributed by atoms with Gasteiger partial charge in [-0.2, -0.15) is 0 Å². The van der Waals surface area contributed by atoms with Gasteiger partial charge < -0.3 is 5.73 Å². The zero-order valence-electron chi connectivity index (χ0n) is 9.39. The van der Waals surface area contributed by atoms with Crippen molar-refractivity contribution >= 4 is 16.7 Å². The highest BCUT2D eigenvalue weighted by Gasteiger charge is 2.12. The van der Waals surface area contributed by atoms with Crippen LogP contribution in [0.1, 0.15) is 18.0 Å². The van der Waals surface area contributed by atoms with Crippen molar-refractivity contribution in [2.24, 2.45) is 11.6 Å². The second-order valence-electron chi connectivity index (χ2n) is 3.95. The standard InChI is InChI=1S/C13H15N3O/c14-12(8-13(17)16-15)11-7-3-5-9-4-1-2-6-10(9)11/h1-7,12H,8,14-15H2,(H,16,17). The van der Waals surface area contributed by atoms with Crippen molar-refractivity contribution in [2.75, 3.05) is 0 Å². The summed E-state index contributed by atoms with van der Waals surface area (Å²) in [5, 5.41) is 2.20. The van der Waals surface area contributed by atoms with Crippen LogP contribution in [0.4, 0.5) is 0 Å². The van der Waals surface area contributed by atoms with E-state index in [2.05, 4.69) is 5.43 Å². The third-order valence-electron chi connectivity index (χ3n) is 2.79. The van der Waals surface area contributed by atoms with Crippen molar-refractivity contribution in [3.63, 3.8) is 0 Å². The normalized spacial score (nSPS) is 12.4. The van der Waals surface area contributed by atoms with Crippen molar-refractivity contribution in [3.8, 4) is 0 Å². The Balaban J connectivity index is 2.38. The number of carbonyl (C=O) groups is 1. The summed E-state index contributed by atoms with van der Waals surface area (Å²) in [6.45, 7) is 0. The molecule has 0 heterocycles. The van der Waals surface area contributed by atoms with Gasteiger partial charge in [0.05, 0.1) is 0 Å². The van der Waals surface area contributed by atoms with Gasteiger partial charge in [0.25, 0.3) is 0 Å². The van der Waals surface area contributed by atoms with Gasteiger partial charge >= 0.3 is 0 Å². The van der Waals surface area contributed by atoms with Crippen LogP contribution in [0.3, 0.4) is 0 Å². The number of hydrogen-bond acceptors (Lipinski definition) is 3. The summed E-state index contributed by atoms with van der Waals surface area (Å²) in [6.07, 6.45) is 0.185. The van der Waals surface area contributed by atoms with Crippen LogP contribution in [-0.4, -0.2) is 5.91 Å². The predicted molar refractivity (Wildman–Crippen MR) is 67.8 cm³/mol. The van der Waals surface area contributed by atoms with E-state index in [1.165, 1.54) is 0 Å². The molecule has 4 heteroatoms. The van der Waals surface area contributed by atoms with Crippen molar-refractivity contribution in [1.29, 1.82) is 0 Å². The highest BCUT2D eigenvalue weighted by molar-refractivity contribution is 5.87. The third-order valence-corrected chi connectivity index (χ3v) is 2.79. The zero-order chi connectivity index (χ0) is 12.3. The van der Waals surface area contributed by atoms with Crippen molar-refractivity contribution in [3.05, 3.63) is 48.0 Å². The maximum Gasteiger partial charge on any atom is 0.235 e. The first kappa shape index (κ1) is 11.6. The second-order valence-corrected chi connectivity index (χ2v) is 3.95. The van der Waals surface area contributed by atoms with E-state index in [0.29, 0.717) is 0 Å². The Bertz CT molecular complexity index is 534. The molecule has 0 aliphatic carbocycles. The molecule has 0 radical (unpaired) electrons. The summed E-state index contributed by atoms with van der Waals surface area (Å²) in [7, 11) is 0. The number of nitrogens with one attached hydrogen (secondary N) is 1. The van der Waals surface area contributed by atoms with Gasteiger partial charge in [-0.15, -0.1) is 0 Å². The first-order chi connectivity index (χ1) is 8.22. The SMILES string of the molecule is NNC(=O)CC(N)c1cccc2ccccc12. The summed E-state index contributed by atoms with van der Waals surface area (Å²) in [4.78, 5) is 11.2. The van der Waals surface area contributed by atoms with E-state index in [4.69, 9.17) is 11.6 Å². The van der Waals surface area contributed by atoms with Gasteiger partial charge in [-0.25, -0.2) is 5.84 Å². The van der Waals surface area contributed by atoms with Crippen LogP contribution < -0.4 is 17.0 Å². The molecule has 5 N–H and O–H groups in total. The molecule has 17 heavy (non-hydrogen) atoms. The summed E-state index contributed by atoms with van der Waals surface area (Å²) < 4.78 is 0. The summed E-state index contributed by atoms with van der Waals surface area (Å²) in [6, 6.07) is 13.5. The number of hydrogen-bond donors (Lipinski definition) is 3. The number of benzene rings is 2. The number of rotatable bonds is 3. The van der Waals surface area contributed by atoms with Crippen LogP contribution in [0.2, 0.25) is 0 Å². The molecule has 2 aromatic carbocycles. The Morgan fingerprint density at radius 1 is 1.18 bits per heavy atom. The first-order valence-electron chi connectivity index (χ1n) is 5.45. The maximum atomic E-state index is 11.2. The van der Waals surface area contributed by atoms with E-state index in [0.717, 1.165) is 16.3 Å². The lowest BCUT2D eigenvalue weighted by Gasteiger charge is -2.13. The number of amides is 1. The van der Waals surface area contributed by atoms with E-state index >= 15 is 0 Å². The molecule has 0 fully saturated rings. The minimum absolute atomic E-state index is 0.185. The summed E-state index contributed by atoms with van der Waals surface area (Å²) >= 11 is 0. The molecule has 0 saturated carbocycles. The molecule has 2 rings (SSSR count). The van der Waals surface area contributed by atoms with Gasteiger partial charge in [-0.1, -0.05) is 42.5 Å². The minimum Gasteiger partial charge on any atom is -0.324 e. The summed E-state index contributed by atoms with van der Waals surface area (Å²) in [5.41, 5.74) is 9.08. The van der Waals surface area contributed by atoms with Gasteiger partial charge in [0, 0.05) is 12.5 Å². The lowest BCUT2D eigenvalue weighted by Crippen LogP contribution is -2.32. The highest BCUT2D eigenvalue weighted by Crippen LogP contribution is 2.24. The largest absolute Gasteiger partial charge is 0.324 e. The van der Waals surface area contributed by atoms with E-state index < -0.39 is 0 Å². The van der Waals surface area contributed by atoms with Gasteiger partial charge in [0.15, 0.2) is 0 Å². The van der Waals surface area contributed by atoms with Gasteiger partial charge in [0.2, 0.25) is 5.91 Å². The molecule has 1 unspecified atom stereocenters. The van der Waals surface area contributed by atoms with Crippen LogP contribution in [0, 0.1) is 0 Å².